The Hall–Kier alpha value is -3.30. The number of aromatic nitrogens is 3. The summed E-state index contributed by atoms with van der Waals surface area (Å²) in [6.07, 6.45) is 0. The molecule has 33 heavy (non-hydrogen) atoms. The number of nitrogens with zero attached hydrogens (tertiary/aromatic N) is 3. The van der Waals surface area contributed by atoms with Gasteiger partial charge < -0.3 is 14.8 Å². The predicted octanol–water partition coefficient (Wildman–Crippen LogP) is 5.44. The van der Waals surface area contributed by atoms with Gasteiger partial charge in [0.1, 0.15) is 11.5 Å². The van der Waals surface area contributed by atoms with Crippen LogP contribution in [0.1, 0.15) is 0 Å². The zero-order valence-electron chi connectivity index (χ0n) is 18.0. The van der Waals surface area contributed by atoms with Gasteiger partial charge in [-0.2, -0.15) is 0 Å². The van der Waals surface area contributed by atoms with Crippen molar-refractivity contribution in [3.05, 3.63) is 77.3 Å². The Morgan fingerprint density at radius 2 is 1.64 bits per heavy atom. The molecule has 0 unspecified atom stereocenters. The molecule has 4 aromatic rings. The summed E-state index contributed by atoms with van der Waals surface area (Å²) in [6.45, 7) is 0. The molecule has 0 atom stereocenters. The molecule has 4 rings (SSSR count). The highest BCUT2D eigenvalue weighted by Gasteiger charge is 2.18. The number of benzene rings is 3. The third-order valence-corrected chi connectivity index (χ3v) is 6.18. The lowest BCUT2D eigenvalue weighted by Gasteiger charge is -2.12. The minimum Gasteiger partial charge on any atom is -0.497 e. The average molecular weight is 525 g/mol. The first-order valence-electron chi connectivity index (χ1n) is 10.00. The molecule has 168 valence electrons. The van der Waals surface area contributed by atoms with Crippen LogP contribution in [-0.4, -0.2) is 40.6 Å². The lowest BCUT2D eigenvalue weighted by molar-refractivity contribution is -0.113. The third-order valence-electron chi connectivity index (χ3n) is 4.72. The van der Waals surface area contributed by atoms with E-state index in [1.54, 1.807) is 20.3 Å². The number of methoxy groups -OCH3 is 2. The first-order chi connectivity index (χ1) is 16.1. The Morgan fingerprint density at radius 3 is 2.27 bits per heavy atom. The van der Waals surface area contributed by atoms with Gasteiger partial charge in [0.2, 0.25) is 5.91 Å². The van der Waals surface area contributed by atoms with Crippen molar-refractivity contribution in [2.75, 3.05) is 25.3 Å². The van der Waals surface area contributed by atoms with Gasteiger partial charge in [-0.05, 0) is 48.5 Å². The van der Waals surface area contributed by atoms with Crippen LogP contribution < -0.4 is 14.8 Å². The summed E-state index contributed by atoms with van der Waals surface area (Å²) >= 11 is 4.71. The van der Waals surface area contributed by atoms with Gasteiger partial charge in [0.05, 0.1) is 20.0 Å². The fraction of sp³-hybridized carbons (Fsp3) is 0.125. The second-order valence-electron chi connectivity index (χ2n) is 6.92. The van der Waals surface area contributed by atoms with Gasteiger partial charge >= 0.3 is 0 Å². The fourth-order valence-corrected chi connectivity index (χ4v) is 4.17. The third kappa shape index (κ3) is 5.55. The smallest absolute Gasteiger partial charge is 0.234 e. The molecule has 1 heterocycles. The van der Waals surface area contributed by atoms with Crippen LogP contribution in [0, 0.1) is 0 Å². The molecule has 7 nitrogen and oxygen atoms in total. The summed E-state index contributed by atoms with van der Waals surface area (Å²) in [5, 5.41) is 12.3. The Bertz CT molecular complexity index is 1220. The number of carbonyl (C=O) groups is 1. The molecule has 1 amide bonds. The molecule has 0 saturated heterocycles. The van der Waals surface area contributed by atoms with Crippen LogP contribution in [0.2, 0.25) is 0 Å². The number of halogens is 1. The Morgan fingerprint density at radius 1 is 0.970 bits per heavy atom. The normalized spacial score (nSPS) is 10.6. The van der Waals surface area contributed by atoms with Gasteiger partial charge in [0.15, 0.2) is 11.0 Å². The van der Waals surface area contributed by atoms with Gasteiger partial charge in [-0.15, -0.1) is 10.2 Å². The number of rotatable bonds is 8. The highest BCUT2D eigenvalue weighted by Crippen LogP contribution is 2.33. The first kappa shape index (κ1) is 22.9. The van der Waals surface area contributed by atoms with Gasteiger partial charge in [-0.25, -0.2) is 0 Å². The molecule has 1 aromatic heterocycles. The second kappa shape index (κ2) is 10.5. The number of carbonyl (C=O) groups excluding carboxylic acids is 1. The molecule has 9 heteroatoms. The Labute approximate surface area is 204 Å². The molecule has 0 fully saturated rings. The quantitative estimate of drug-likeness (QED) is 0.309. The molecule has 0 aliphatic heterocycles. The van der Waals surface area contributed by atoms with E-state index in [1.807, 2.05) is 71.3 Å². The van der Waals surface area contributed by atoms with Crippen LogP contribution in [0.15, 0.2) is 82.4 Å². The topological polar surface area (TPSA) is 78.3 Å². The second-order valence-corrected chi connectivity index (χ2v) is 8.78. The van der Waals surface area contributed by atoms with Crippen LogP contribution in [0.5, 0.6) is 11.5 Å². The van der Waals surface area contributed by atoms with E-state index >= 15 is 0 Å². The summed E-state index contributed by atoms with van der Waals surface area (Å²) in [4.78, 5) is 12.5. The number of amides is 1. The number of nitrogens with one attached hydrogen (secondary N) is 1. The molecule has 0 aliphatic carbocycles. The van der Waals surface area contributed by atoms with Gasteiger partial charge in [0.25, 0.3) is 0 Å². The summed E-state index contributed by atoms with van der Waals surface area (Å²) in [7, 11) is 3.21. The van der Waals surface area contributed by atoms with Crippen molar-refractivity contribution in [1.82, 2.24) is 14.8 Å². The highest BCUT2D eigenvalue weighted by molar-refractivity contribution is 9.10. The molecule has 0 saturated carbocycles. The summed E-state index contributed by atoms with van der Waals surface area (Å²) in [6, 6.07) is 22.8. The van der Waals surface area contributed by atoms with E-state index in [2.05, 4.69) is 31.4 Å². The Kier molecular flexibility index (Phi) is 7.31. The maximum absolute atomic E-state index is 12.5. The molecule has 3 aromatic carbocycles. The number of hydrogen-bond donors (Lipinski definition) is 1. The van der Waals surface area contributed by atoms with Crippen molar-refractivity contribution in [3.8, 4) is 28.6 Å². The largest absolute Gasteiger partial charge is 0.497 e. The highest BCUT2D eigenvalue weighted by atomic mass is 79.9. The van der Waals surface area contributed by atoms with E-state index in [0.717, 1.165) is 21.4 Å². The number of para-hydroxylation sites is 1. The van der Waals surface area contributed by atoms with E-state index in [0.29, 0.717) is 22.5 Å². The minimum absolute atomic E-state index is 0.130. The number of hydrogen-bond acceptors (Lipinski definition) is 6. The maximum atomic E-state index is 12.5. The van der Waals surface area contributed by atoms with E-state index in [4.69, 9.17) is 9.47 Å². The lowest BCUT2D eigenvalue weighted by atomic mass is 10.2. The molecule has 0 radical (unpaired) electrons. The fourth-order valence-electron chi connectivity index (χ4n) is 3.16. The van der Waals surface area contributed by atoms with Gasteiger partial charge in [0, 0.05) is 27.5 Å². The van der Waals surface area contributed by atoms with E-state index < -0.39 is 0 Å². The van der Waals surface area contributed by atoms with Crippen molar-refractivity contribution in [1.29, 1.82) is 0 Å². The van der Waals surface area contributed by atoms with Crippen molar-refractivity contribution in [2.24, 2.45) is 0 Å². The summed E-state index contributed by atoms with van der Waals surface area (Å²) in [5.74, 6) is 1.97. The van der Waals surface area contributed by atoms with Crippen LogP contribution in [0.25, 0.3) is 17.1 Å². The van der Waals surface area contributed by atoms with Crippen molar-refractivity contribution < 1.29 is 14.3 Å². The maximum Gasteiger partial charge on any atom is 0.234 e. The lowest BCUT2D eigenvalue weighted by Crippen LogP contribution is -2.14. The Balaban J connectivity index is 1.63. The van der Waals surface area contributed by atoms with Crippen molar-refractivity contribution in [2.45, 2.75) is 5.16 Å². The minimum atomic E-state index is -0.130. The standard InChI is InChI=1S/C24H21BrN4O3S/c1-31-20-12-16(13-21(14-20)32-2)23-27-28-24(29(23)19-6-4-3-5-7-19)33-15-22(30)26-18-10-8-17(25)9-11-18/h3-14H,15H2,1-2H3,(H,26,30). The van der Waals surface area contributed by atoms with Crippen molar-refractivity contribution in [3.63, 3.8) is 0 Å². The zero-order chi connectivity index (χ0) is 23.2. The average Bonchev–Trinajstić information content (AvgIpc) is 3.28. The number of ether oxygens (including phenoxy) is 2. The molecule has 0 bridgehead atoms. The molecular weight excluding hydrogens is 504 g/mol. The van der Waals surface area contributed by atoms with E-state index in [9.17, 15) is 4.79 Å². The van der Waals surface area contributed by atoms with Crippen molar-refractivity contribution >= 4 is 39.3 Å². The zero-order valence-corrected chi connectivity index (χ0v) is 20.4. The summed E-state index contributed by atoms with van der Waals surface area (Å²) < 4.78 is 13.7. The number of anilines is 1. The van der Waals surface area contributed by atoms with Crippen LogP contribution in [0.3, 0.4) is 0 Å². The first-order valence-corrected chi connectivity index (χ1v) is 11.8. The summed E-state index contributed by atoms with van der Waals surface area (Å²) in [5.41, 5.74) is 2.40. The van der Waals surface area contributed by atoms with E-state index in [-0.39, 0.29) is 11.7 Å². The predicted molar refractivity (Wildman–Crippen MR) is 133 cm³/mol. The molecule has 0 aliphatic rings. The molecule has 1 N–H and O–H groups in total. The monoisotopic (exact) mass is 524 g/mol. The van der Waals surface area contributed by atoms with Gasteiger partial charge in [-0.3, -0.25) is 9.36 Å². The van der Waals surface area contributed by atoms with Crippen LogP contribution in [0.4, 0.5) is 5.69 Å². The van der Waals surface area contributed by atoms with Gasteiger partial charge in [-0.1, -0.05) is 45.9 Å². The molecular formula is C24H21BrN4O3S. The number of thioether (sulfide) groups is 1. The van der Waals surface area contributed by atoms with E-state index in [1.165, 1.54) is 11.8 Å². The van der Waals surface area contributed by atoms with Crippen LogP contribution in [-0.2, 0) is 4.79 Å². The SMILES string of the molecule is COc1cc(OC)cc(-c2nnc(SCC(=O)Nc3ccc(Br)cc3)n2-c2ccccc2)c1. The van der Waals surface area contributed by atoms with Crippen LogP contribution >= 0.6 is 27.7 Å². The molecule has 0 spiro atoms.